The lowest BCUT2D eigenvalue weighted by molar-refractivity contribution is -0.149. The summed E-state index contributed by atoms with van der Waals surface area (Å²) in [7, 11) is 1.75. The molecular weight excluding hydrogens is 296 g/mol. The van der Waals surface area contributed by atoms with Crippen LogP contribution in [0.2, 0.25) is 0 Å². The summed E-state index contributed by atoms with van der Waals surface area (Å²) in [6.07, 6.45) is 5.40. The van der Waals surface area contributed by atoms with Crippen LogP contribution in [0.15, 0.2) is 22.8 Å². The van der Waals surface area contributed by atoms with Gasteiger partial charge in [-0.2, -0.15) is 0 Å². The maximum absolute atomic E-state index is 5.87. The lowest BCUT2D eigenvalue weighted by Crippen LogP contribution is -2.48. The predicted octanol–water partition coefficient (Wildman–Crippen LogP) is 3.03. The number of hydroxylamine groups is 2. The zero-order valence-corrected chi connectivity index (χ0v) is 12.4. The van der Waals surface area contributed by atoms with Gasteiger partial charge in [0.25, 0.3) is 0 Å². The van der Waals surface area contributed by atoms with Crippen molar-refractivity contribution < 1.29 is 9.57 Å². The molecule has 0 amide bonds. The van der Waals surface area contributed by atoms with E-state index in [-0.39, 0.29) is 6.10 Å². The summed E-state index contributed by atoms with van der Waals surface area (Å²) in [6.45, 7) is 3.01. The Morgan fingerprint density at radius 1 is 1.44 bits per heavy atom. The molecule has 0 spiro atoms. The monoisotopic (exact) mass is 314 g/mol. The molecule has 100 valence electrons. The average Bonchev–Trinajstić information content (AvgIpc) is 2.41. The fourth-order valence-electron chi connectivity index (χ4n) is 2.21. The van der Waals surface area contributed by atoms with Crippen LogP contribution in [0.5, 0.6) is 5.88 Å². The maximum Gasteiger partial charge on any atom is 0.238 e. The first-order valence-corrected chi connectivity index (χ1v) is 7.09. The molecule has 2 heterocycles. The minimum Gasteiger partial charge on any atom is -0.385 e. The van der Waals surface area contributed by atoms with Crippen molar-refractivity contribution in [3.63, 3.8) is 0 Å². The van der Waals surface area contributed by atoms with Crippen LogP contribution in [-0.2, 0) is 4.74 Å². The summed E-state index contributed by atoms with van der Waals surface area (Å²) in [5, 5.41) is 2.01. The predicted molar refractivity (Wildman–Crippen MR) is 73.4 cm³/mol. The zero-order chi connectivity index (χ0) is 13.0. The molecule has 1 aromatic rings. The van der Waals surface area contributed by atoms with Gasteiger partial charge < -0.3 is 9.57 Å². The molecule has 1 aliphatic heterocycles. The van der Waals surface area contributed by atoms with Crippen molar-refractivity contribution in [3.05, 3.63) is 22.8 Å². The summed E-state index contributed by atoms with van der Waals surface area (Å²) in [4.78, 5) is 10.1. The zero-order valence-electron chi connectivity index (χ0n) is 10.8. The molecule has 0 N–H and O–H groups in total. The fraction of sp³-hybridized carbons (Fsp3) is 0.615. The molecule has 0 saturated carbocycles. The molecule has 0 aromatic carbocycles. The van der Waals surface area contributed by atoms with Crippen LogP contribution in [0.25, 0.3) is 0 Å². The minimum absolute atomic E-state index is 0.167. The molecular formula is C13H19BrN2O2. The molecule has 1 aromatic heterocycles. The van der Waals surface area contributed by atoms with Crippen LogP contribution in [0.3, 0.4) is 0 Å². The van der Waals surface area contributed by atoms with Gasteiger partial charge in [0.2, 0.25) is 5.88 Å². The Kier molecular flexibility index (Phi) is 4.97. The minimum atomic E-state index is 0.167. The molecule has 0 aliphatic carbocycles. The van der Waals surface area contributed by atoms with Gasteiger partial charge in [-0.05, 0) is 41.8 Å². The van der Waals surface area contributed by atoms with Crippen molar-refractivity contribution in [1.29, 1.82) is 0 Å². The van der Waals surface area contributed by atoms with E-state index in [1.54, 1.807) is 13.3 Å². The summed E-state index contributed by atoms with van der Waals surface area (Å²) in [5.41, 5.74) is 0. The Balaban J connectivity index is 2.03. The normalized spacial score (nSPS) is 22.7. The van der Waals surface area contributed by atoms with E-state index >= 15 is 0 Å². The quantitative estimate of drug-likeness (QED) is 0.855. The Morgan fingerprint density at radius 2 is 2.28 bits per heavy atom. The highest BCUT2D eigenvalue weighted by Crippen LogP contribution is 2.23. The van der Waals surface area contributed by atoms with Gasteiger partial charge >= 0.3 is 0 Å². The molecule has 2 atom stereocenters. The van der Waals surface area contributed by atoms with Gasteiger partial charge in [-0.3, -0.25) is 0 Å². The Bertz CT molecular complexity index is 372. The van der Waals surface area contributed by atoms with Gasteiger partial charge in [0.15, 0.2) is 0 Å². The molecule has 18 heavy (non-hydrogen) atoms. The highest BCUT2D eigenvalue weighted by Gasteiger charge is 2.29. The summed E-state index contributed by atoms with van der Waals surface area (Å²) >= 11 is 3.37. The lowest BCUT2D eigenvalue weighted by atomic mass is 10.0. The average molecular weight is 315 g/mol. The third-order valence-electron chi connectivity index (χ3n) is 3.32. The fourth-order valence-corrected chi connectivity index (χ4v) is 2.44. The van der Waals surface area contributed by atoms with Crippen molar-refractivity contribution in [2.75, 3.05) is 13.7 Å². The number of halogens is 1. The smallest absolute Gasteiger partial charge is 0.238 e. The van der Waals surface area contributed by atoms with Gasteiger partial charge in [0.1, 0.15) is 0 Å². The Labute approximate surface area is 116 Å². The van der Waals surface area contributed by atoms with Crippen LogP contribution in [0.1, 0.15) is 26.2 Å². The van der Waals surface area contributed by atoms with E-state index < -0.39 is 0 Å². The lowest BCUT2D eigenvalue weighted by Gasteiger charge is -2.36. The number of hydrogen-bond donors (Lipinski definition) is 0. The van der Waals surface area contributed by atoms with Gasteiger partial charge in [-0.1, -0.05) is 6.42 Å². The van der Waals surface area contributed by atoms with Gasteiger partial charge in [0.05, 0.1) is 12.1 Å². The van der Waals surface area contributed by atoms with Crippen LogP contribution >= 0.6 is 15.9 Å². The third-order valence-corrected chi connectivity index (χ3v) is 3.79. The molecule has 2 rings (SSSR count). The third kappa shape index (κ3) is 3.43. The van der Waals surface area contributed by atoms with Crippen molar-refractivity contribution in [1.82, 2.24) is 10.0 Å². The van der Waals surface area contributed by atoms with E-state index in [0.717, 1.165) is 23.9 Å². The van der Waals surface area contributed by atoms with E-state index in [1.165, 1.54) is 6.42 Å². The summed E-state index contributed by atoms with van der Waals surface area (Å²) < 4.78 is 6.38. The molecule has 4 nitrogen and oxygen atoms in total. The first-order valence-electron chi connectivity index (χ1n) is 6.29. The van der Waals surface area contributed by atoms with E-state index in [1.807, 2.05) is 17.2 Å². The van der Waals surface area contributed by atoms with Gasteiger partial charge in [-0.25, -0.2) is 4.98 Å². The Hall–Kier alpha value is -0.650. The van der Waals surface area contributed by atoms with Crippen molar-refractivity contribution in [3.8, 4) is 5.88 Å². The van der Waals surface area contributed by atoms with Gasteiger partial charge in [-0.15, -0.1) is 5.06 Å². The number of piperidine rings is 1. The van der Waals surface area contributed by atoms with Crippen LogP contribution in [0, 0.1) is 0 Å². The molecule has 0 bridgehead atoms. The second-order valence-electron chi connectivity index (χ2n) is 4.55. The topological polar surface area (TPSA) is 34.6 Å². The van der Waals surface area contributed by atoms with E-state index in [9.17, 15) is 0 Å². The number of rotatable bonds is 4. The van der Waals surface area contributed by atoms with Crippen molar-refractivity contribution in [2.24, 2.45) is 0 Å². The van der Waals surface area contributed by atoms with E-state index in [0.29, 0.717) is 11.9 Å². The first kappa shape index (κ1) is 13.8. The number of aromatic nitrogens is 1. The van der Waals surface area contributed by atoms with Crippen molar-refractivity contribution in [2.45, 2.75) is 38.3 Å². The number of nitrogens with zero attached hydrogens (tertiary/aromatic N) is 2. The number of pyridine rings is 1. The number of hydrogen-bond acceptors (Lipinski definition) is 4. The number of ether oxygens (including phenoxy) is 1. The molecule has 0 radical (unpaired) electrons. The van der Waals surface area contributed by atoms with E-state index in [4.69, 9.17) is 9.57 Å². The molecule has 2 unspecified atom stereocenters. The van der Waals surface area contributed by atoms with Crippen LogP contribution < -0.4 is 4.84 Å². The van der Waals surface area contributed by atoms with Gasteiger partial charge in [0, 0.05) is 30.4 Å². The standard InChI is InChI=1S/C13H19BrN2O2/c1-10(17-2)12-5-3-4-8-16(12)18-13-7-6-11(14)9-15-13/h6-7,9-10,12H,3-5,8H2,1-2H3. The summed E-state index contributed by atoms with van der Waals surface area (Å²) in [5.74, 6) is 0.633. The van der Waals surface area contributed by atoms with Crippen LogP contribution in [0.4, 0.5) is 0 Å². The van der Waals surface area contributed by atoms with Crippen LogP contribution in [-0.4, -0.2) is 35.8 Å². The molecule has 5 heteroatoms. The summed E-state index contributed by atoms with van der Waals surface area (Å²) in [6, 6.07) is 4.10. The maximum atomic E-state index is 5.87. The highest BCUT2D eigenvalue weighted by molar-refractivity contribution is 9.10. The largest absolute Gasteiger partial charge is 0.385 e. The van der Waals surface area contributed by atoms with E-state index in [2.05, 4.69) is 27.8 Å². The second-order valence-corrected chi connectivity index (χ2v) is 5.47. The Morgan fingerprint density at radius 3 is 2.94 bits per heavy atom. The highest BCUT2D eigenvalue weighted by atomic mass is 79.9. The SMILES string of the molecule is COC(C)C1CCCCN1Oc1ccc(Br)cn1. The molecule has 1 saturated heterocycles. The van der Waals surface area contributed by atoms with Crippen molar-refractivity contribution >= 4 is 15.9 Å². The molecule has 1 aliphatic rings. The first-order chi connectivity index (χ1) is 8.70. The number of methoxy groups -OCH3 is 1. The molecule has 1 fully saturated rings. The second kappa shape index (κ2) is 6.50.